The third kappa shape index (κ3) is 2.60. The van der Waals surface area contributed by atoms with Crippen molar-refractivity contribution < 1.29 is 4.52 Å². The molecule has 2 N–H and O–H groups in total. The van der Waals surface area contributed by atoms with Gasteiger partial charge in [0.1, 0.15) is 0 Å². The zero-order valence-electron chi connectivity index (χ0n) is 12.5. The number of nitrogens with two attached hydrogens (primary N) is 1. The Hall–Kier alpha value is -0.980. The SMILES string of the molecule is CN1CCN(C)C(c2noc(C3CCCC3CN)n2)C1. The van der Waals surface area contributed by atoms with Crippen molar-refractivity contribution in [3.8, 4) is 0 Å². The predicted molar refractivity (Wildman–Crippen MR) is 76.3 cm³/mol. The quantitative estimate of drug-likeness (QED) is 0.883. The lowest BCUT2D eigenvalue weighted by Gasteiger charge is -2.35. The highest BCUT2D eigenvalue weighted by molar-refractivity contribution is 5.04. The van der Waals surface area contributed by atoms with Gasteiger partial charge >= 0.3 is 0 Å². The molecule has 6 nitrogen and oxygen atoms in total. The Morgan fingerprint density at radius 2 is 2.15 bits per heavy atom. The molecule has 3 rings (SSSR count). The minimum Gasteiger partial charge on any atom is -0.339 e. The van der Waals surface area contributed by atoms with E-state index in [4.69, 9.17) is 15.2 Å². The van der Waals surface area contributed by atoms with Gasteiger partial charge in [-0.05, 0) is 39.4 Å². The molecule has 2 heterocycles. The van der Waals surface area contributed by atoms with Crippen LogP contribution in [-0.2, 0) is 0 Å². The summed E-state index contributed by atoms with van der Waals surface area (Å²) >= 11 is 0. The molecular formula is C14H25N5O. The van der Waals surface area contributed by atoms with E-state index >= 15 is 0 Å². The monoisotopic (exact) mass is 279 g/mol. The summed E-state index contributed by atoms with van der Waals surface area (Å²) in [5.41, 5.74) is 5.85. The van der Waals surface area contributed by atoms with Crippen LogP contribution >= 0.6 is 0 Å². The topological polar surface area (TPSA) is 71.4 Å². The highest BCUT2D eigenvalue weighted by Gasteiger charge is 2.34. The number of aromatic nitrogens is 2. The van der Waals surface area contributed by atoms with Gasteiger partial charge in [0.15, 0.2) is 5.82 Å². The van der Waals surface area contributed by atoms with E-state index in [1.54, 1.807) is 0 Å². The van der Waals surface area contributed by atoms with Crippen LogP contribution in [0.3, 0.4) is 0 Å². The minimum absolute atomic E-state index is 0.240. The Kier molecular flexibility index (Phi) is 4.05. The highest BCUT2D eigenvalue weighted by atomic mass is 16.5. The average Bonchev–Trinajstić information content (AvgIpc) is 3.08. The molecule has 0 amide bonds. The Balaban J connectivity index is 1.76. The molecule has 1 aromatic rings. The van der Waals surface area contributed by atoms with E-state index in [-0.39, 0.29) is 6.04 Å². The van der Waals surface area contributed by atoms with Crippen LogP contribution in [0.1, 0.15) is 42.9 Å². The normalized spacial score (nSPS) is 32.9. The molecule has 112 valence electrons. The molecule has 1 aromatic heterocycles. The second-order valence-corrected chi connectivity index (χ2v) is 6.28. The average molecular weight is 279 g/mol. The largest absolute Gasteiger partial charge is 0.339 e. The summed E-state index contributed by atoms with van der Waals surface area (Å²) in [6, 6.07) is 0.240. The molecule has 1 saturated heterocycles. The lowest BCUT2D eigenvalue weighted by Crippen LogP contribution is -2.45. The first-order chi connectivity index (χ1) is 9.69. The van der Waals surface area contributed by atoms with Crippen LogP contribution < -0.4 is 5.73 Å². The van der Waals surface area contributed by atoms with E-state index in [0.29, 0.717) is 18.4 Å². The molecule has 3 unspecified atom stereocenters. The fourth-order valence-corrected chi connectivity index (χ4v) is 3.47. The first-order valence-electron chi connectivity index (χ1n) is 7.61. The lowest BCUT2D eigenvalue weighted by atomic mass is 9.96. The fraction of sp³-hybridized carbons (Fsp3) is 0.857. The number of hydrogen-bond acceptors (Lipinski definition) is 6. The third-order valence-electron chi connectivity index (χ3n) is 4.89. The van der Waals surface area contributed by atoms with Crippen LogP contribution in [0.25, 0.3) is 0 Å². The number of piperazine rings is 1. The maximum Gasteiger partial charge on any atom is 0.230 e. The number of hydrogen-bond donors (Lipinski definition) is 1. The van der Waals surface area contributed by atoms with Crippen LogP contribution in [0.2, 0.25) is 0 Å². The maximum absolute atomic E-state index is 5.85. The van der Waals surface area contributed by atoms with Gasteiger partial charge in [0.25, 0.3) is 0 Å². The number of nitrogens with zero attached hydrogens (tertiary/aromatic N) is 4. The molecule has 0 bridgehead atoms. The fourth-order valence-electron chi connectivity index (χ4n) is 3.47. The standard InChI is InChI=1S/C14H25N5O/c1-18-6-7-19(2)12(9-18)13-16-14(20-17-13)11-5-3-4-10(11)8-15/h10-12H,3-9,15H2,1-2H3. The van der Waals surface area contributed by atoms with E-state index in [1.807, 2.05) is 0 Å². The summed E-state index contributed by atoms with van der Waals surface area (Å²) in [4.78, 5) is 9.32. The summed E-state index contributed by atoms with van der Waals surface area (Å²) < 4.78 is 5.56. The molecular weight excluding hydrogens is 254 g/mol. The maximum atomic E-state index is 5.85. The Bertz CT molecular complexity index is 449. The molecule has 6 heteroatoms. The first-order valence-corrected chi connectivity index (χ1v) is 7.61. The summed E-state index contributed by atoms with van der Waals surface area (Å²) in [5.74, 6) is 2.51. The Morgan fingerprint density at radius 3 is 2.95 bits per heavy atom. The predicted octanol–water partition coefficient (Wildman–Crippen LogP) is 0.830. The summed E-state index contributed by atoms with van der Waals surface area (Å²) in [6.07, 6.45) is 3.53. The molecule has 0 aromatic carbocycles. The van der Waals surface area contributed by atoms with Crippen molar-refractivity contribution in [2.75, 3.05) is 40.3 Å². The first kappa shape index (κ1) is 14.0. The zero-order chi connectivity index (χ0) is 14.1. The number of likely N-dealkylation sites (N-methyl/N-ethyl adjacent to an activating group) is 2. The lowest BCUT2D eigenvalue weighted by molar-refractivity contribution is 0.108. The highest BCUT2D eigenvalue weighted by Crippen LogP contribution is 2.38. The second kappa shape index (κ2) is 5.79. The van der Waals surface area contributed by atoms with E-state index in [0.717, 1.165) is 37.8 Å². The summed E-state index contributed by atoms with van der Waals surface area (Å²) in [5, 5.41) is 4.24. The summed E-state index contributed by atoms with van der Waals surface area (Å²) in [6.45, 7) is 3.81. The van der Waals surface area contributed by atoms with Crippen molar-refractivity contribution in [3.63, 3.8) is 0 Å². The molecule has 2 aliphatic rings. The van der Waals surface area contributed by atoms with Gasteiger partial charge in [0, 0.05) is 25.6 Å². The molecule has 1 aliphatic heterocycles. The number of rotatable bonds is 3. The molecule has 1 aliphatic carbocycles. The minimum atomic E-state index is 0.240. The van der Waals surface area contributed by atoms with E-state index in [9.17, 15) is 0 Å². The Morgan fingerprint density at radius 1 is 1.30 bits per heavy atom. The van der Waals surface area contributed by atoms with Gasteiger partial charge in [-0.25, -0.2) is 0 Å². The summed E-state index contributed by atoms with van der Waals surface area (Å²) in [7, 11) is 4.27. The van der Waals surface area contributed by atoms with Gasteiger partial charge in [0.2, 0.25) is 5.89 Å². The van der Waals surface area contributed by atoms with Crippen molar-refractivity contribution in [2.45, 2.75) is 31.2 Å². The van der Waals surface area contributed by atoms with Crippen LogP contribution in [0.4, 0.5) is 0 Å². The molecule has 0 spiro atoms. The van der Waals surface area contributed by atoms with Gasteiger partial charge in [0.05, 0.1) is 6.04 Å². The van der Waals surface area contributed by atoms with Gasteiger partial charge < -0.3 is 15.2 Å². The van der Waals surface area contributed by atoms with Crippen molar-refractivity contribution >= 4 is 0 Å². The van der Waals surface area contributed by atoms with Gasteiger partial charge in [-0.15, -0.1) is 0 Å². The molecule has 0 radical (unpaired) electrons. The second-order valence-electron chi connectivity index (χ2n) is 6.28. The Labute approximate surface area is 120 Å². The third-order valence-corrected chi connectivity index (χ3v) is 4.89. The van der Waals surface area contributed by atoms with Crippen molar-refractivity contribution in [1.82, 2.24) is 19.9 Å². The van der Waals surface area contributed by atoms with Crippen LogP contribution in [0.5, 0.6) is 0 Å². The van der Waals surface area contributed by atoms with E-state index in [2.05, 4.69) is 29.1 Å². The van der Waals surface area contributed by atoms with E-state index in [1.165, 1.54) is 12.8 Å². The van der Waals surface area contributed by atoms with Crippen molar-refractivity contribution in [3.05, 3.63) is 11.7 Å². The molecule has 1 saturated carbocycles. The van der Waals surface area contributed by atoms with E-state index < -0.39 is 0 Å². The van der Waals surface area contributed by atoms with Crippen LogP contribution in [0, 0.1) is 5.92 Å². The van der Waals surface area contributed by atoms with Crippen molar-refractivity contribution in [1.29, 1.82) is 0 Å². The van der Waals surface area contributed by atoms with Crippen molar-refractivity contribution in [2.24, 2.45) is 11.7 Å². The zero-order valence-corrected chi connectivity index (χ0v) is 12.5. The van der Waals surface area contributed by atoms with Gasteiger partial charge in [-0.2, -0.15) is 4.98 Å². The van der Waals surface area contributed by atoms with Crippen LogP contribution in [0.15, 0.2) is 4.52 Å². The molecule has 3 atom stereocenters. The van der Waals surface area contributed by atoms with Gasteiger partial charge in [-0.3, -0.25) is 4.90 Å². The smallest absolute Gasteiger partial charge is 0.230 e. The van der Waals surface area contributed by atoms with Crippen LogP contribution in [-0.4, -0.2) is 60.2 Å². The van der Waals surface area contributed by atoms with Gasteiger partial charge in [-0.1, -0.05) is 11.6 Å². The molecule has 2 fully saturated rings. The molecule has 20 heavy (non-hydrogen) atoms.